The monoisotopic (exact) mass is 170 g/mol. The summed E-state index contributed by atoms with van der Waals surface area (Å²) in [7, 11) is 1.63. The van der Waals surface area contributed by atoms with Gasteiger partial charge in [-0.25, -0.2) is 4.98 Å². The fourth-order valence-electron chi connectivity index (χ4n) is 0.784. The maximum atomic E-state index is 5.35. The number of aromatic nitrogens is 1. The molecule has 1 aromatic rings. The van der Waals surface area contributed by atoms with E-state index in [2.05, 4.69) is 4.98 Å². The lowest BCUT2D eigenvalue weighted by Crippen LogP contribution is -2.18. The standard InChI is InChI=1S/C8H14N2O2/c1-8(2,11-3)6-5-10-7(4-9)12-6/h5H,4,9H2,1-3H3. The van der Waals surface area contributed by atoms with Crippen molar-refractivity contribution >= 4 is 0 Å². The van der Waals surface area contributed by atoms with Gasteiger partial charge >= 0.3 is 0 Å². The molecule has 0 unspecified atom stereocenters. The number of rotatable bonds is 3. The fourth-order valence-corrected chi connectivity index (χ4v) is 0.784. The van der Waals surface area contributed by atoms with Crippen LogP contribution in [0.15, 0.2) is 10.6 Å². The Kier molecular flexibility index (Phi) is 2.49. The molecule has 0 radical (unpaired) electrons. The molecule has 0 fully saturated rings. The van der Waals surface area contributed by atoms with Crippen molar-refractivity contribution in [2.24, 2.45) is 5.73 Å². The average Bonchev–Trinajstić information content (AvgIpc) is 2.52. The summed E-state index contributed by atoms with van der Waals surface area (Å²) in [5, 5.41) is 0. The molecule has 68 valence electrons. The first-order valence-electron chi connectivity index (χ1n) is 3.80. The van der Waals surface area contributed by atoms with Crippen LogP contribution in [0.5, 0.6) is 0 Å². The molecule has 4 nitrogen and oxygen atoms in total. The minimum absolute atomic E-state index is 0.319. The van der Waals surface area contributed by atoms with Crippen molar-refractivity contribution in [3.8, 4) is 0 Å². The first-order chi connectivity index (χ1) is 5.60. The lowest BCUT2D eigenvalue weighted by Gasteiger charge is -2.18. The van der Waals surface area contributed by atoms with Crippen molar-refractivity contribution in [2.45, 2.75) is 26.0 Å². The van der Waals surface area contributed by atoms with Gasteiger partial charge in [0.2, 0.25) is 5.89 Å². The summed E-state index contributed by atoms with van der Waals surface area (Å²) in [6.45, 7) is 4.14. The molecular formula is C8H14N2O2. The second-order valence-electron chi connectivity index (χ2n) is 3.04. The van der Waals surface area contributed by atoms with Crippen LogP contribution in [0.2, 0.25) is 0 Å². The zero-order valence-corrected chi connectivity index (χ0v) is 7.63. The SMILES string of the molecule is COC(C)(C)c1cnc(CN)o1. The molecule has 2 N–H and O–H groups in total. The van der Waals surface area contributed by atoms with Crippen LogP contribution in [0.3, 0.4) is 0 Å². The smallest absolute Gasteiger partial charge is 0.208 e. The van der Waals surface area contributed by atoms with Gasteiger partial charge in [-0.05, 0) is 13.8 Å². The Morgan fingerprint density at radius 3 is 2.75 bits per heavy atom. The van der Waals surface area contributed by atoms with Gasteiger partial charge in [-0.15, -0.1) is 0 Å². The fraction of sp³-hybridized carbons (Fsp3) is 0.625. The van der Waals surface area contributed by atoms with Gasteiger partial charge in [0.25, 0.3) is 0 Å². The number of hydrogen-bond donors (Lipinski definition) is 1. The van der Waals surface area contributed by atoms with E-state index in [1.807, 2.05) is 13.8 Å². The Morgan fingerprint density at radius 1 is 1.67 bits per heavy atom. The number of methoxy groups -OCH3 is 1. The Morgan fingerprint density at radius 2 is 2.33 bits per heavy atom. The van der Waals surface area contributed by atoms with Gasteiger partial charge < -0.3 is 14.9 Å². The summed E-state index contributed by atoms with van der Waals surface area (Å²) in [6, 6.07) is 0. The molecule has 0 atom stereocenters. The van der Waals surface area contributed by atoms with Crippen LogP contribution < -0.4 is 5.73 Å². The van der Waals surface area contributed by atoms with E-state index in [9.17, 15) is 0 Å². The van der Waals surface area contributed by atoms with Crippen molar-refractivity contribution in [2.75, 3.05) is 7.11 Å². The first-order valence-corrected chi connectivity index (χ1v) is 3.80. The van der Waals surface area contributed by atoms with Crippen LogP contribution in [0, 0.1) is 0 Å². The molecule has 0 amide bonds. The highest BCUT2D eigenvalue weighted by Crippen LogP contribution is 2.23. The molecule has 0 saturated carbocycles. The quantitative estimate of drug-likeness (QED) is 0.735. The van der Waals surface area contributed by atoms with Gasteiger partial charge in [0.05, 0.1) is 12.7 Å². The highest BCUT2D eigenvalue weighted by atomic mass is 16.5. The number of ether oxygens (including phenoxy) is 1. The second kappa shape index (κ2) is 3.25. The van der Waals surface area contributed by atoms with E-state index in [0.717, 1.165) is 0 Å². The third kappa shape index (κ3) is 1.65. The minimum Gasteiger partial charge on any atom is -0.441 e. The number of hydrogen-bond acceptors (Lipinski definition) is 4. The van der Waals surface area contributed by atoms with E-state index in [4.69, 9.17) is 14.9 Å². The molecule has 0 saturated heterocycles. The van der Waals surface area contributed by atoms with Crippen molar-refractivity contribution in [1.29, 1.82) is 0 Å². The topological polar surface area (TPSA) is 61.3 Å². The van der Waals surface area contributed by atoms with Crippen LogP contribution in [-0.2, 0) is 16.9 Å². The number of nitrogens with zero attached hydrogens (tertiary/aromatic N) is 1. The Bertz CT molecular complexity index is 255. The molecule has 1 rings (SSSR count). The first kappa shape index (κ1) is 9.22. The molecule has 1 heterocycles. The predicted octanol–water partition coefficient (Wildman–Crippen LogP) is 1.01. The molecule has 12 heavy (non-hydrogen) atoms. The molecule has 0 aromatic carbocycles. The summed E-state index contributed by atoms with van der Waals surface area (Å²) in [5.41, 5.74) is 4.92. The van der Waals surface area contributed by atoms with E-state index in [0.29, 0.717) is 18.2 Å². The molecule has 0 aliphatic rings. The van der Waals surface area contributed by atoms with Gasteiger partial charge in [0.1, 0.15) is 5.60 Å². The lowest BCUT2D eigenvalue weighted by atomic mass is 10.1. The van der Waals surface area contributed by atoms with Crippen LogP contribution in [0.1, 0.15) is 25.5 Å². The van der Waals surface area contributed by atoms with E-state index >= 15 is 0 Å². The van der Waals surface area contributed by atoms with Gasteiger partial charge in [0.15, 0.2) is 5.76 Å². The van der Waals surface area contributed by atoms with Crippen LogP contribution in [0.25, 0.3) is 0 Å². The molecule has 0 spiro atoms. The third-order valence-corrected chi connectivity index (χ3v) is 1.83. The van der Waals surface area contributed by atoms with Crippen LogP contribution in [-0.4, -0.2) is 12.1 Å². The van der Waals surface area contributed by atoms with Crippen LogP contribution in [0.4, 0.5) is 0 Å². The van der Waals surface area contributed by atoms with Crippen LogP contribution >= 0.6 is 0 Å². The van der Waals surface area contributed by atoms with E-state index in [-0.39, 0.29) is 0 Å². The molecule has 0 aliphatic heterocycles. The molecule has 1 aromatic heterocycles. The van der Waals surface area contributed by atoms with Gasteiger partial charge in [-0.2, -0.15) is 0 Å². The largest absolute Gasteiger partial charge is 0.441 e. The summed E-state index contributed by atoms with van der Waals surface area (Å²) in [4.78, 5) is 3.98. The van der Waals surface area contributed by atoms with E-state index in [1.165, 1.54) is 0 Å². The lowest BCUT2D eigenvalue weighted by molar-refractivity contribution is 0.000129. The molecule has 0 bridgehead atoms. The summed E-state index contributed by atoms with van der Waals surface area (Å²) < 4.78 is 10.5. The number of nitrogens with two attached hydrogens (primary N) is 1. The average molecular weight is 170 g/mol. The van der Waals surface area contributed by atoms with E-state index in [1.54, 1.807) is 13.3 Å². The zero-order chi connectivity index (χ0) is 9.19. The third-order valence-electron chi connectivity index (χ3n) is 1.83. The van der Waals surface area contributed by atoms with Crippen molar-refractivity contribution in [3.05, 3.63) is 17.8 Å². The summed E-state index contributed by atoms with van der Waals surface area (Å²) in [5.74, 6) is 1.24. The maximum absolute atomic E-state index is 5.35. The Labute approximate surface area is 71.7 Å². The summed E-state index contributed by atoms with van der Waals surface area (Å²) >= 11 is 0. The van der Waals surface area contributed by atoms with Crippen molar-refractivity contribution in [3.63, 3.8) is 0 Å². The minimum atomic E-state index is -0.430. The molecule has 0 aliphatic carbocycles. The van der Waals surface area contributed by atoms with Crippen molar-refractivity contribution in [1.82, 2.24) is 4.98 Å². The van der Waals surface area contributed by atoms with Gasteiger partial charge in [-0.3, -0.25) is 0 Å². The normalized spacial score (nSPS) is 12.0. The highest BCUT2D eigenvalue weighted by molar-refractivity contribution is 5.03. The predicted molar refractivity (Wildman–Crippen MR) is 44.4 cm³/mol. The Balaban J connectivity index is 2.88. The summed E-state index contributed by atoms with van der Waals surface area (Å²) in [6.07, 6.45) is 1.64. The van der Waals surface area contributed by atoms with Gasteiger partial charge in [0, 0.05) is 7.11 Å². The maximum Gasteiger partial charge on any atom is 0.208 e. The second-order valence-corrected chi connectivity index (χ2v) is 3.04. The molecule has 4 heteroatoms. The van der Waals surface area contributed by atoms with Crippen molar-refractivity contribution < 1.29 is 9.15 Å². The zero-order valence-electron chi connectivity index (χ0n) is 7.63. The Hall–Kier alpha value is -0.870. The molecular weight excluding hydrogens is 156 g/mol. The number of oxazole rings is 1. The van der Waals surface area contributed by atoms with E-state index < -0.39 is 5.60 Å². The highest BCUT2D eigenvalue weighted by Gasteiger charge is 2.24. The van der Waals surface area contributed by atoms with Gasteiger partial charge in [-0.1, -0.05) is 0 Å².